The fourth-order valence-corrected chi connectivity index (χ4v) is 5.39. The number of carbonyl (C=O) groups is 1. The molecule has 32 heavy (non-hydrogen) atoms. The number of ether oxygens (including phenoxy) is 1. The summed E-state index contributed by atoms with van der Waals surface area (Å²) in [5.74, 6) is -2.23. The Balaban J connectivity index is 1.18. The number of thiazole rings is 1. The monoisotopic (exact) mass is 467 g/mol. The smallest absolute Gasteiger partial charge is 0.278 e. The summed E-state index contributed by atoms with van der Waals surface area (Å²) in [6, 6.07) is 1.97. The summed E-state index contributed by atoms with van der Waals surface area (Å²) in [5.41, 5.74) is 1.56. The first-order valence-corrected chi connectivity index (χ1v) is 12.1. The van der Waals surface area contributed by atoms with Gasteiger partial charge in [-0.2, -0.15) is 5.10 Å². The molecule has 1 aliphatic heterocycles. The van der Waals surface area contributed by atoms with E-state index in [9.17, 15) is 13.6 Å². The number of nitrogens with one attached hydrogen (secondary N) is 1. The van der Waals surface area contributed by atoms with Crippen LogP contribution in [0, 0.1) is 5.92 Å². The lowest BCUT2D eigenvalue weighted by molar-refractivity contribution is -0.0230. The van der Waals surface area contributed by atoms with Crippen LogP contribution in [0.25, 0.3) is 0 Å². The average molecular weight is 468 g/mol. The number of aromatic nitrogens is 3. The zero-order valence-electron chi connectivity index (χ0n) is 18.6. The van der Waals surface area contributed by atoms with Gasteiger partial charge in [0.2, 0.25) is 0 Å². The van der Waals surface area contributed by atoms with Crippen LogP contribution in [0.3, 0.4) is 0 Å². The predicted octanol–water partition coefficient (Wildman–Crippen LogP) is 3.65. The molecule has 4 rings (SSSR count). The van der Waals surface area contributed by atoms with Gasteiger partial charge in [-0.3, -0.25) is 14.4 Å². The SMILES string of the molecule is Cn1nccc1C(=O)N[C@H]1CC[C@H](CCN2CCc3sc(OCC(C)(F)F)nc3C2)CC1. The van der Waals surface area contributed by atoms with Gasteiger partial charge in [-0.05, 0) is 57.1 Å². The van der Waals surface area contributed by atoms with Crippen molar-refractivity contribution in [3.05, 3.63) is 28.5 Å². The van der Waals surface area contributed by atoms with Crippen molar-refractivity contribution in [2.75, 3.05) is 19.7 Å². The minimum Gasteiger partial charge on any atom is -0.464 e. The van der Waals surface area contributed by atoms with E-state index in [2.05, 4.69) is 20.3 Å². The minimum atomic E-state index is -2.85. The van der Waals surface area contributed by atoms with E-state index >= 15 is 0 Å². The number of amides is 1. The molecule has 2 aliphatic rings. The fourth-order valence-electron chi connectivity index (χ4n) is 4.49. The van der Waals surface area contributed by atoms with E-state index in [4.69, 9.17) is 4.74 Å². The zero-order valence-corrected chi connectivity index (χ0v) is 19.5. The molecule has 0 atom stereocenters. The number of hydrogen-bond acceptors (Lipinski definition) is 6. The number of fused-ring (bicyclic) bond motifs is 1. The van der Waals surface area contributed by atoms with E-state index in [1.54, 1.807) is 24.0 Å². The molecule has 2 aromatic rings. The topological polar surface area (TPSA) is 72.3 Å². The molecule has 0 spiro atoms. The van der Waals surface area contributed by atoms with E-state index in [0.717, 1.165) is 75.7 Å². The number of halogens is 2. The Morgan fingerprint density at radius 1 is 1.34 bits per heavy atom. The van der Waals surface area contributed by atoms with Crippen LogP contribution in [-0.4, -0.2) is 57.2 Å². The van der Waals surface area contributed by atoms with Gasteiger partial charge in [0, 0.05) is 44.2 Å². The molecule has 1 amide bonds. The largest absolute Gasteiger partial charge is 0.464 e. The van der Waals surface area contributed by atoms with Crippen LogP contribution in [0.1, 0.15) is 60.1 Å². The maximum absolute atomic E-state index is 13.0. The molecular weight excluding hydrogens is 436 g/mol. The Kier molecular flexibility index (Phi) is 7.09. The van der Waals surface area contributed by atoms with Gasteiger partial charge < -0.3 is 10.1 Å². The molecule has 1 aliphatic carbocycles. The third-order valence-electron chi connectivity index (χ3n) is 6.33. The highest BCUT2D eigenvalue weighted by Gasteiger charge is 2.27. The minimum absolute atomic E-state index is 0.0492. The summed E-state index contributed by atoms with van der Waals surface area (Å²) >= 11 is 1.40. The van der Waals surface area contributed by atoms with E-state index in [-0.39, 0.29) is 11.9 Å². The number of aryl methyl sites for hydroxylation is 1. The molecular formula is C22H31F2N5O2S. The standard InChI is InChI=1S/C22H31F2N5O2S/c1-22(23,24)14-31-21-27-17-13-29(12-9-19(17)32-21)11-8-15-3-5-16(6-4-15)26-20(30)18-7-10-25-28(18)2/h7,10,15-16H,3-6,8-9,11-14H2,1-2H3,(H,26,30)/t15-,16-. The maximum Gasteiger partial charge on any atom is 0.278 e. The van der Waals surface area contributed by atoms with Crippen molar-refractivity contribution >= 4 is 17.2 Å². The molecule has 0 aromatic carbocycles. The van der Waals surface area contributed by atoms with Crippen LogP contribution in [-0.2, 0) is 20.0 Å². The second kappa shape index (κ2) is 9.82. The molecule has 1 saturated carbocycles. The summed E-state index contributed by atoms with van der Waals surface area (Å²) in [5, 5.41) is 7.55. The second-order valence-corrected chi connectivity index (χ2v) is 10.1. The van der Waals surface area contributed by atoms with Gasteiger partial charge in [0.05, 0.1) is 5.69 Å². The summed E-state index contributed by atoms with van der Waals surface area (Å²) in [4.78, 5) is 20.4. The summed E-state index contributed by atoms with van der Waals surface area (Å²) in [7, 11) is 1.78. The first kappa shape index (κ1) is 23.1. The highest BCUT2D eigenvalue weighted by Crippen LogP contribution is 2.32. The van der Waals surface area contributed by atoms with Crippen LogP contribution in [0.15, 0.2) is 12.3 Å². The first-order valence-electron chi connectivity index (χ1n) is 11.3. The maximum atomic E-state index is 13.0. The number of hydrogen-bond donors (Lipinski definition) is 1. The molecule has 7 nitrogen and oxygen atoms in total. The van der Waals surface area contributed by atoms with Crippen LogP contribution >= 0.6 is 11.3 Å². The van der Waals surface area contributed by atoms with Gasteiger partial charge >= 0.3 is 0 Å². The van der Waals surface area contributed by atoms with E-state index in [1.165, 1.54) is 11.3 Å². The second-order valence-electron chi connectivity index (χ2n) is 9.05. The van der Waals surface area contributed by atoms with Gasteiger partial charge in [-0.15, -0.1) is 0 Å². The quantitative estimate of drug-likeness (QED) is 0.642. The Morgan fingerprint density at radius 2 is 2.12 bits per heavy atom. The molecule has 3 heterocycles. The Labute approximate surface area is 191 Å². The molecule has 1 fully saturated rings. The normalized spacial score (nSPS) is 21.9. The fraction of sp³-hybridized carbons (Fsp3) is 0.682. The predicted molar refractivity (Wildman–Crippen MR) is 118 cm³/mol. The van der Waals surface area contributed by atoms with E-state index in [1.807, 2.05) is 0 Å². The van der Waals surface area contributed by atoms with Crippen molar-refractivity contribution in [3.8, 4) is 5.19 Å². The van der Waals surface area contributed by atoms with Crippen molar-refractivity contribution in [1.29, 1.82) is 0 Å². The third kappa shape index (κ3) is 6.04. The number of carbonyl (C=O) groups excluding carboxylic acids is 1. The summed E-state index contributed by atoms with van der Waals surface area (Å²) in [6.45, 7) is 2.96. The van der Waals surface area contributed by atoms with Gasteiger partial charge in [-0.25, -0.2) is 13.8 Å². The van der Waals surface area contributed by atoms with Crippen LogP contribution in [0.2, 0.25) is 0 Å². The van der Waals surface area contributed by atoms with Gasteiger partial charge in [0.25, 0.3) is 17.0 Å². The molecule has 0 saturated heterocycles. The molecule has 0 bridgehead atoms. The molecule has 176 valence electrons. The Hall–Kier alpha value is -2.07. The Morgan fingerprint density at radius 3 is 2.81 bits per heavy atom. The van der Waals surface area contributed by atoms with Crippen molar-refractivity contribution in [2.24, 2.45) is 13.0 Å². The lowest BCUT2D eigenvalue weighted by Gasteiger charge is -2.32. The van der Waals surface area contributed by atoms with Crippen LogP contribution in [0.4, 0.5) is 8.78 Å². The Bertz CT molecular complexity index is 918. The molecule has 0 unspecified atom stereocenters. The number of nitrogens with zero attached hydrogens (tertiary/aromatic N) is 4. The van der Waals surface area contributed by atoms with Crippen molar-refractivity contribution in [3.63, 3.8) is 0 Å². The van der Waals surface area contributed by atoms with Gasteiger partial charge in [0.15, 0.2) is 6.61 Å². The van der Waals surface area contributed by atoms with Crippen LogP contribution in [0.5, 0.6) is 5.19 Å². The lowest BCUT2D eigenvalue weighted by atomic mass is 9.84. The zero-order chi connectivity index (χ0) is 22.7. The molecule has 2 aromatic heterocycles. The first-order chi connectivity index (χ1) is 15.3. The summed E-state index contributed by atoms with van der Waals surface area (Å²) < 4.78 is 32.8. The van der Waals surface area contributed by atoms with Crippen LogP contribution < -0.4 is 10.1 Å². The van der Waals surface area contributed by atoms with Gasteiger partial charge in [-0.1, -0.05) is 11.3 Å². The van der Waals surface area contributed by atoms with Crippen molar-refractivity contribution in [2.45, 2.75) is 64.0 Å². The van der Waals surface area contributed by atoms with Gasteiger partial charge in [0.1, 0.15) is 5.69 Å². The number of rotatable bonds is 8. The summed E-state index contributed by atoms with van der Waals surface area (Å²) in [6.07, 6.45) is 7.92. The van der Waals surface area contributed by atoms with Crippen molar-refractivity contribution < 1.29 is 18.3 Å². The molecule has 1 N–H and O–H groups in total. The van der Waals surface area contributed by atoms with Crippen molar-refractivity contribution in [1.82, 2.24) is 25.0 Å². The number of alkyl halides is 2. The lowest BCUT2D eigenvalue weighted by Crippen LogP contribution is -2.39. The highest BCUT2D eigenvalue weighted by molar-refractivity contribution is 7.13. The molecule has 0 radical (unpaired) electrons. The van der Waals surface area contributed by atoms with E-state index < -0.39 is 12.5 Å². The molecule has 10 heteroatoms. The highest BCUT2D eigenvalue weighted by atomic mass is 32.1. The van der Waals surface area contributed by atoms with E-state index in [0.29, 0.717) is 16.8 Å². The average Bonchev–Trinajstić information content (AvgIpc) is 3.36. The third-order valence-corrected chi connectivity index (χ3v) is 7.40.